The van der Waals surface area contributed by atoms with Gasteiger partial charge in [-0.1, -0.05) is 30.3 Å². The molecule has 3 aromatic rings. The van der Waals surface area contributed by atoms with Gasteiger partial charge in [-0.05, 0) is 30.7 Å². The van der Waals surface area contributed by atoms with Gasteiger partial charge in [0.2, 0.25) is 0 Å². The number of benzene rings is 2. The highest BCUT2D eigenvalue weighted by atomic mass is 16.5. The van der Waals surface area contributed by atoms with Crippen LogP contribution in [0.3, 0.4) is 0 Å². The van der Waals surface area contributed by atoms with Gasteiger partial charge in [0.25, 0.3) is 0 Å². The van der Waals surface area contributed by atoms with E-state index in [1.807, 2.05) is 43.3 Å². The third-order valence-electron chi connectivity index (χ3n) is 4.34. The van der Waals surface area contributed by atoms with Gasteiger partial charge in [-0.2, -0.15) is 0 Å². The molecule has 1 heterocycles. The SMILES string of the molecule is CN=C(NCc1cc2ccccc2o1)NCc1ccc(C)cc1OCCOC. The standard InChI is InChI=1S/C22H27N3O3/c1-16-8-9-18(21(12-16)27-11-10-26-3)14-24-22(23-2)25-15-19-13-17-6-4-5-7-20(17)28-19/h4-9,12-13H,10-11,14-15H2,1-3H3,(H2,23,24,25). The highest BCUT2D eigenvalue weighted by molar-refractivity contribution is 5.80. The van der Waals surface area contributed by atoms with Gasteiger partial charge in [0.05, 0.1) is 13.2 Å². The maximum absolute atomic E-state index is 5.85. The van der Waals surface area contributed by atoms with Crippen molar-refractivity contribution >= 4 is 16.9 Å². The maximum Gasteiger partial charge on any atom is 0.191 e. The number of hydrogen-bond acceptors (Lipinski definition) is 4. The average Bonchev–Trinajstić information content (AvgIpc) is 3.12. The Balaban J connectivity index is 1.57. The molecule has 6 heteroatoms. The largest absolute Gasteiger partial charge is 0.491 e. The van der Waals surface area contributed by atoms with Crippen molar-refractivity contribution in [3.8, 4) is 5.75 Å². The summed E-state index contributed by atoms with van der Waals surface area (Å²) in [7, 11) is 3.42. The minimum absolute atomic E-state index is 0.520. The highest BCUT2D eigenvalue weighted by Crippen LogP contribution is 2.20. The van der Waals surface area contributed by atoms with Crippen LogP contribution in [0.2, 0.25) is 0 Å². The van der Waals surface area contributed by atoms with Gasteiger partial charge in [-0.15, -0.1) is 0 Å². The van der Waals surface area contributed by atoms with Crippen molar-refractivity contribution in [2.75, 3.05) is 27.4 Å². The van der Waals surface area contributed by atoms with Gasteiger partial charge in [0.15, 0.2) is 5.96 Å². The molecule has 0 unspecified atom stereocenters. The van der Waals surface area contributed by atoms with E-state index < -0.39 is 0 Å². The van der Waals surface area contributed by atoms with Gasteiger partial charge in [0, 0.05) is 31.7 Å². The molecule has 0 spiro atoms. The molecule has 0 saturated carbocycles. The number of nitrogens with one attached hydrogen (secondary N) is 2. The van der Waals surface area contributed by atoms with Crippen molar-refractivity contribution in [3.63, 3.8) is 0 Å². The molecule has 0 radical (unpaired) electrons. The lowest BCUT2D eigenvalue weighted by Gasteiger charge is -2.15. The van der Waals surface area contributed by atoms with Crippen LogP contribution in [0.25, 0.3) is 11.0 Å². The zero-order valence-corrected chi connectivity index (χ0v) is 16.6. The van der Waals surface area contributed by atoms with Crippen molar-refractivity contribution in [1.29, 1.82) is 0 Å². The Bertz CT molecular complexity index is 901. The second-order valence-corrected chi connectivity index (χ2v) is 6.48. The summed E-state index contributed by atoms with van der Waals surface area (Å²) < 4.78 is 16.7. The zero-order valence-electron chi connectivity index (χ0n) is 16.6. The Hall–Kier alpha value is -2.99. The summed E-state index contributed by atoms with van der Waals surface area (Å²) in [6.45, 7) is 4.28. The van der Waals surface area contributed by atoms with Crippen molar-refractivity contribution < 1.29 is 13.9 Å². The highest BCUT2D eigenvalue weighted by Gasteiger charge is 2.07. The van der Waals surface area contributed by atoms with Gasteiger partial charge in [-0.25, -0.2) is 0 Å². The number of ether oxygens (including phenoxy) is 2. The Morgan fingerprint density at radius 3 is 2.64 bits per heavy atom. The molecule has 28 heavy (non-hydrogen) atoms. The van der Waals surface area contributed by atoms with E-state index in [4.69, 9.17) is 13.9 Å². The molecule has 2 aromatic carbocycles. The summed E-state index contributed by atoms with van der Waals surface area (Å²) >= 11 is 0. The molecule has 3 rings (SSSR count). The molecule has 0 aliphatic rings. The van der Waals surface area contributed by atoms with E-state index in [2.05, 4.69) is 27.8 Å². The van der Waals surface area contributed by atoms with Crippen molar-refractivity contribution in [3.05, 3.63) is 65.4 Å². The van der Waals surface area contributed by atoms with Crippen LogP contribution in [0, 0.1) is 6.92 Å². The molecule has 0 bridgehead atoms. The third kappa shape index (κ3) is 5.27. The van der Waals surface area contributed by atoms with Gasteiger partial charge >= 0.3 is 0 Å². The normalized spacial score (nSPS) is 11.6. The van der Waals surface area contributed by atoms with Crippen molar-refractivity contribution in [2.24, 2.45) is 4.99 Å². The summed E-state index contributed by atoms with van der Waals surface area (Å²) in [5.41, 5.74) is 3.11. The molecule has 0 fully saturated rings. The minimum Gasteiger partial charge on any atom is -0.491 e. The minimum atomic E-state index is 0.520. The van der Waals surface area contributed by atoms with Crippen LogP contribution in [0.1, 0.15) is 16.9 Å². The Labute approximate surface area is 165 Å². The number of aliphatic imine (C=N–C) groups is 1. The van der Waals surface area contributed by atoms with E-state index in [0.29, 0.717) is 32.3 Å². The lowest BCUT2D eigenvalue weighted by Crippen LogP contribution is -2.36. The molecule has 6 nitrogen and oxygen atoms in total. The van der Waals surface area contributed by atoms with Crippen LogP contribution < -0.4 is 15.4 Å². The van der Waals surface area contributed by atoms with E-state index in [-0.39, 0.29) is 0 Å². The number of rotatable bonds is 8. The predicted molar refractivity (Wildman–Crippen MR) is 112 cm³/mol. The second-order valence-electron chi connectivity index (χ2n) is 6.48. The number of hydrogen-bond donors (Lipinski definition) is 2. The maximum atomic E-state index is 5.85. The first-order valence-corrected chi connectivity index (χ1v) is 9.33. The molecule has 0 amide bonds. The first-order valence-electron chi connectivity index (χ1n) is 9.33. The number of fused-ring (bicyclic) bond motifs is 1. The topological polar surface area (TPSA) is 68.0 Å². The number of guanidine groups is 1. The average molecular weight is 381 g/mol. The molecule has 0 aliphatic carbocycles. The van der Waals surface area contributed by atoms with Gasteiger partial charge in [-0.3, -0.25) is 4.99 Å². The number of aryl methyl sites for hydroxylation is 1. The zero-order chi connectivity index (χ0) is 19.8. The molecular formula is C22H27N3O3. The first-order chi connectivity index (χ1) is 13.7. The molecule has 0 saturated heterocycles. The van der Waals surface area contributed by atoms with Crippen LogP contribution in [0.4, 0.5) is 0 Å². The lowest BCUT2D eigenvalue weighted by atomic mass is 10.1. The monoisotopic (exact) mass is 381 g/mol. The fraction of sp³-hybridized carbons (Fsp3) is 0.318. The third-order valence-corrected chi connectivity index (χ3v) is 4.34. The van der Waals surface area contributed by atoms with E-state index in [1.54, 1.807) is 14.2 Å². The molecule has 1 aromatic heterocycles. The Morgan fingerprint density at radius 1 is 1.04 bits per heavy atom. The van der Waals surface area contributed by atoms with E-state index in [0.717, 1.165) is 33.6 Å². The predicted octanol–water partition coefficient (Wildman–Crippen LogP) is 3.63. The molecule has 0 atom stereocenters. The van der Waals surface area contributed by atoms with Crippen LogP contribution in [0.5, 0.6) is 5.75 Å². The van der Waals surface area contributed by atoms with Crippen LogP contribution in [-0.4, -0.2) is 33.3 Å². The lowest BCUT2D eigenvalue weighted by molar-refractivity contribution is 0.145. The smallest absolute Gasteiger partial charge is 0.191 e. The Morgan fingerprint density at radius 2 is 1.86 bits per heavy atom. The Kier molecular flexibility index (Phi) is 6.92. The number of nitrogens with zero attached hydrogens (tertiary/aromatic N) is 1. The number of furan rings is 1. The summed E-state index contributed by atoms with van der Waals surface area (Å²) in [6.07, 6.45) is 0. The van der Waals surface area contributed by atoms with Gasteiger partial charge in [0.1, 0.15) is 23.7 Å². The van der Waals surface area contributed by atoms with E-state index in [1.165, 1.54) is 0 Å². The second kappa shape index (κ2) is 9.80. The molecular weight excluding hydrogens is 354 g/mol. The van der Waals surface area contributed by atoms with E-state index >= 15 is 0 Å². The molecule has 148 valence electrons. The van der Waals surface area contributed by atoms with Crippen molar-refractivity contribution in [2.45, 2.75) is 20.0 Å². The molecule has 0 aliphatic heterocycles. The fourth-order valence-corrected chi connectivity index (χ4v) is 2.87. The summed E-state index contributed by atoms with van der Waals surface area (Å²) in [5, 5.41) is 7.71. The number of methoxy groups -OCH3 is 1. The molecule has 2 N–H and O–H groups in total. The van der Waals surface area contributed by atoms with Crippen LogP contribution >= 0.6 is 0 Å². The fourth-order valence-electron chi connectivity index (χ4n) is 2.87. The quantitative estimate of drug-likeness (QED) is 0.354. The first kappa shape index (κ1) is 19.8. The van der Waals surface area contributed by atoms with Gasteiger partial charge < -0.3 is 24.5 Å². The van der Waals surface area contributed by atoms with Crippen LogP contribution in [0.15, 0.2) is 57.9 Å². The van der Waals surface area contributed by atoms with Crippen molar-refractivity contribution in [1.82, 2.24) is 10.6 Å². The summed E-state index contributed by atoms with van der Waals surface area (Å²) in [5.74, 6) is 2.42. The summed E-state index contributed by atoms with van der Waals surface area (Å²) in [6, 6.07) is 16.2. The number of para-hydroxylation sites is 1. The summed E-state index contributed by atoms with van der Waals surface area (Å²) in [4.78, 5) is 4.29. The van der Waals surface area contributed by atoms with Crippen LogP contribution in [-0.2, 0) is 17.8 Å². The van der Waals surface area contributed by atoms with E-state index in [9.17, 15) is 0 Å².